The monoisotopic (exact) mass is 326 g/mol. The van der Waals surface area contributed by atoms with Gasteiger partial charge in [-0.3, -0.25) is 33.6 Å². The summed E-state index contributed by atoms with van der Waals surface area (Å²) in [6.07, 6.45) is 0. The summed E-state index contributed by atoms with van der Waals surface area (Å²) in [6.45, 7) is 0. The zero-order valence-electron chi connectivity index (χ0n) is 4.73. The molecule has 11 heteroatoms. The van der Waals surface area contributed by atoms with Crippen molar-refractivity contribution in [2.75, 3.05) is 0 Å². The van der Waals surface area contributed by atoms with E-state index in [0.29, 0.717) is 0 Å². The summed E-state index contributed by atoms with van der Waals surface area (Å²) in [5, 5.41) is 0. The van der Waals surface area contributed by atoms with Crippen molar-refractivity contribution in [2.24, 2.45) is 0 Å². The van der Waals surface area contributed by atoms with Gasteiger partial charge in [-0.2, -0.15) is 0 Å². The van der Waals surface area contributed by atoms with Crippen molar-refractivity contribution in [1.29, 1.82) is 0 Å². The van der Waals surface area contributed by atoms with Gasteiger partial charge in [-0.1, -0.05) is 0 Å². The fourth-order valence-electron chi connectivity index (χ4n) is 0. The van der Waals surface area contributed by atoms with Gasteiger partial charge in [0.25, 0.3) is 0 Å². The molecule has 0 unspecified atom stereocenters. The molecule has 0 saturated carbocycles. The van der Waals surface area contributed by atoms with Gasteiger partial charge in [0.15, 0.2) is 0 Å². The molecule has 0 aromatic heterocycles. The maximum absolute atomic E-state index is 8.58. The predicted molar refractivity (Wildman–Crippen MR) is 5.75 cm³/mol. The van der Waals surface area contributed by atoms with E-state index in [-0.39, 0.29) is 37.7 Å². The standard InChI is InChI=1S/2BrO4.Ca/c2*2-1(3,4)5;/q2*-1;+2. The van der Waals surface area contributed by atoms with Crippen molar-refractivity contribution in [2.45, 2.75) is 0 Å². The first-order chi connectivity index (χ1) is 4.00. The summed E-state index contributed by atoms with van der Waals surface area (Å²) < 4.78 is 68.6. The zero-order valence-corrected chi connectivity index (χ0v) is 10.1. The summed E-state index contributed by atoms with van der Waals surface area (Å²) in [7, 11) is 0. The second-order valence-corrected chi connectivity index (χ2v) is 3.93. The van der Waals surface area contributed by atoms with Gasteiger partial charge < -0.3 is 0 Å². The minimum absolute atomic E-state index is 0. The van der Waals surface area contributed by atoms with Gasteiger partial charge in [0.05, 0.1) is 28.2 Å². The molecule has 0 aliphatic heterocycles. The normalized spacial score (nSPS) is 10.9. The molecule has 0 aliphatic rings. The van der Waals surface area contributed by atoms with Crippen LogP contribution < -0.4 is 33.6 Å². The first kappa shape index (κ1) is 18.6. The van der Waals surface area contributed by atoms with Crippen molar-refractivity contribution in [3.63, 3.8) is 0 Å². The molecule has 0 heterocycles. The van der Waals surface area contributed by atoms with Crippen LogP contribution >= 0.6 is 0 Å². The second kappa shape index (κ2) is 7.32. The Kier molecular flexibility index (Phi) is 12.4. The van der Waals surface area contributed by atoms with E-state index in [1.54, 1.807) is 0 Å². The number of halogens is 2. The molecule has 0 saturated heterocycles. The fraction of sp³-hybridized carbons (Fsp3) is 0. The van der Waals surface area contributed by atoms with Gasteiger partial charge in [0, 0.05) is 0 Å². The smallest absolute Gasteiger partial charge is 0.264 e. The van der Waals surface area contributed by atoms with Crippen LogP contribution in [0.3, 0.4) is 0 Å². The van der Waals surface area contributed by atoms with E-state index in [0.717, 1.165) is 0 Å². The van der Waals surface area contributed by atoms with Crippen LogP contribution in [0.15, 0.2) is 0 Å². The minimum Gasteiger partial charge on any atom is -0.264 e. The van der Waals surface area contributed by atoms with Crippen molar-refractivity contribution in [1.82, 2.24) is 0 Å². The van der Waals surface area contributed by atoms with Crippen LogP contribution in [0.5, 0.6) is 0 Å². The van der Waals surface area contributed by atoms with E-state index in [2.05, 4.69) is 0 Å². The quantitative estimate of drug-likeness (QED) is 0.392. The van der Waals surface area contributed by atoms with E-state index in [1.165, 1.54) is 0 Å². The summed E-state index contributed by atoms with van der Waals surface area (Å²) in [6, 6.07) is 0. The fourth-order valence-corrected chi connectivity index (χ4v) is 0. The molecule has 0 aliphatic carbocycles. The molecule has 0 aromatic carbocycles. The molecule has 0 spiro atoms. The molecule has 0 N–H and O–H groups in total. The topological polar surface area (TPSA) is 184 Å². The predicted octanol–water partition coefficient (Wildman–Crippen LogP) is -9.89. The van der Waals surface area contributed by atoms with Crippen LogP contribution in [0.25, 0.3) is 0 Å². The Morgan fingerprint density at radius 1 is 0.455 bits per heavy atom. The van der Waals surface area contributed by atoms with Gasteiger partial charge in [0.1, 0.15) is 0 Å². The summed E-state index contributed by atoms with van der Waals surface area (Å²) in [5.41, 5.74) is 0. The maximum atomic E-state index is 8.58. The Balaban J connectivity index is -0.000000107. The average Bonchev–Trinajstić information content (AvgIpc) is 1.12. The van der Waals surface area contributed by atoms with E-state index >= 15 is 0 Å². The van der Waals surface area contributed by atoms with Gasteiger partial charge >= 0.3 is 37.7 Å². The van der Waals surface area contributed by atoms with Crippen LogP contribution in [0.1, 0.15) is 0 Å². The largest absolute Gasteiger partial charge is 2.00 e. The van der Waals surface area contributed by atoms with Crippen LogP contribution in [-0.4, -0.2) is 37.7 Å². The third kappa shape index (κ3) is 323. The molecule has 0 rings (SSSR count). The van der Waals surface area contributed by atoms with Crippen LogP contribution in [0, 0.1) is 28.2 Å². The van der Waals surface area contributed by atoms with Gasteiger partial charge in [-0.05, 0) is 0 Å². The Morgan fingerprint density at radius 2 is 0.455 bits per heavy atom. The third-order valence-corrected chi connectivity index (χ3v) is 0. The van der Waals surface area contributed by atoms with E-state index in [9.17, 15) is 0 Å². The molecule has 64 valence electrons. The number of hydrogen-bond donors (Lipinski definition) is 0. The number of rotatable bonds is 0. The molecule has 0 atom stereocenters. The molecule has 0 radical (unpaired) electrons. The first-order valence-corrected chi connectivity index (χ1v) is 6.41. The van der Waals surface area contributed by atoms with Crippen molar-refractivity contribution in [3.05, 3.63) is 0 Å². The second-order valence-electron chi connectivity index (χ2n) is 0.756. The molecule has 0 aromatic rings. The molecule has 0 fully saturated rings. The summed E-state index contributed by atoms with van der Waals surface area (Å²) >= 11 is -11.2. The zero-order chi connectivity index (χ0) is 9.00. The number of hydrogen-bond acceptors (Lipinski definition) is 8. The Morgan fingerprint density at radius 3 is 0.455 bits per heavy atom. The molecule has 11 heavy (non-hydrogen) atoms. The van der Waals surface area contributed by atoms with Crippen LogP contribution in [0.4, 0.5) is 0 Å². The van der Waals surface area contributed by atoms with E-state index in [1.807, 2.05) is 0 Å². The average molecular weight is 328 g/mol. The molecule has 0 amide bonds. The Labute approximate surface area is 98.3 Å². The Bertz CT molecular complexity index is 55.1. The van der Waals surface area contributed by atoms with E-state index in [4.69, 9.17) is 33.6 Å². The van der Waals surface area contributed by atoms with Gasteiger partial charge in [-0.25, -0.2) is 0 Å². The Hall–Kier alpha value is 1.90. The molecular formula is Br2CaO8. The molecule has 0 bridgehead atoms. The minimum atomic E-state index is -5.62. The van der Waals surface area contributed by atoms with Crippen molar-refractivity contribution in [3.8, 4) is 0 Å². The van der Waals surface area contributed by atoms with Gasteiger partial charge in [-0.15, -0.1) is 0 Å². The van der Waals surface area contributed by atoms with Gasteiger partial charge in [0.2, 0.25) is 0 Å². The molecular weight excluding hydrogens is 328 g/mol. The third-order valence-electron chi connectivity index (χ3n) is 0. The maximum Gasteiger partial charge on any atom is 2.00 e. The molecule has 8 nitrogen and oxygen atoms in total. The van der Waals surface area contributed by atoms with Crippen molar-refractivity contribution >= 4 is 37.7 Å². The van der Waals surface area contributed by atoms with Crippen LogP contribution in [-0.2, 0) is 0 Å². The summed E-state index contributed by atoms with van der Waals surface area (Å²) in [5.74, 6) is 0. The van der Waals surface area contributed by atoms with Crippen molar-refractivity contribution < 1.29 is 61.8 Å². The SMILES string of the molecule is [Ca+2].[O-][Br+3]([O-])([O-])[O-].[O-][Br+3]([O-])([O-])[O-]. The van der Waals surface area contributed by atoms with E-state index < -0.39 is 28.2 Å². The van der Waals surface area contributed by atoms with Crippen LogP contribution in [0.2, 0.25) is 0 Å². The first-order valence-electron chi connectivity index (χ1n) is 1.23. The summed E-state index contributed by atoms with van der Waals surface area (Å²) in [4.78, 5) is 0.